The van der Waals surface area contributed by atoms with Gasteiger partial charge < -0.3 is 0 Å². The summed E-state index contributed by atoms with van der Waals surface area (Å²) in [7, 11) is 0. The zero-order valence-corrected chi connectivity index (χ0v) is 9.43. The SMILES string of the molecule is O=C1C=C2C=CCCC2C1SC1=CCC1. The van der Waals surface area contributed by atoms with Gasteiger partial charge in [0, 0.05) is 5.92 Å². The Balaban J connectivity index is 1.79. The first kappa shape index (κ1) is 9.46. The van der Waals surface area contributed by atoms with E-state index in [9.17, 15) is 4.79 Å². The molecule has 0 amide bonds. The van der Waals surface area contributed by atoms with Crippen molar-refractivity contribution in [3.8, 4) is 0 Å². The van der Waals surface area contributed by atoms with Gasteiger partial charge in [-0.25, -0.2) is 0 Å². The molecular weight excluding hydrogens is 204 g/mol. The highest BCUT2D eigenvalue weighted by atomic mass is 32.2. The number of carbonyl (C=O) groups excluding carboxylic acids is 1. The summed E-state index contributed by atoms with van der Waals surface area (Å²) < 4.78 is 0. The van der Waals surface area contributed by atoms with Gasteiger partial charge in [-0.1, -0.05) is 18.2 Å². The number of rotatable bonds is 2. The fraction of sp³-hybridized carbons (Fsp3) is 0.462. The van der Waals surface area contributed by atoms with Gasteiger partial charge in [0.15, 0.2) is 5.78 Å². The lowest BCUT2D eigenvalue weighted by molar-refractivity contribution is -0.114. The Bertz CT molecular complexity index is 389. The molecule has 0 aromatic heterocycles. The summed E-state index contributed by atoms with van der Waals surface area (Å²) in [5.74, 6) is 0.827. The van der Waals surface area contributed by atoms with Gasteiger partial charge in [0.05, 0.1) is 5.25 Å². The van der Waals surface area contributed by atoms with Crippen molar-refractivity contribution in [3.63, 3.8) is 0 Å². The third kappa shape index (κ3) is 1.61. The Hall–Kier alpha value is -0.760. The summed E-state index contributed by atoms with van der Waals surface area (Å²) in [5.41, 5.74) is 1.27. The van der Waals surface area contributed by atoms with Crippen LogP contribution in [-0.2, 0) is 4.79 Å². The zero-order chi connectivity index (χ0) is 10.3. The van der Waals surface area contributed by atoms with Crippen molar-refractivity contribution in [1.82, 2.24) is 0 Å². The first-order valence-corrected chi connectivity index (χ1v) is 6.50. The van der Waals surface area contributed by atoms with E-state index in [1.165, 1.54) is 23.3 Å². The van der Waals surface area contributed by atoms with Crippen LogP contribution in [-0.4, -0.2) is 11.0 Å². The van der Waals surface area contributed by atoms with Crippen LogP contribution in [0.1, 0.15) is 25.7 Å². The molecule has 0 heterocycles. The highest BCUT2D eigenvalue weighted by Crippen LogP contribution is 2.44. The van der Waals surface area contributed by atoms with Gasteiger partial charge in [0.25, 0.3) is 0 Å². The summed E-state index contributed by atoms with van der Waals surface area (Å²) in [6.45, 7) is 0. The number of hydrogen-bond acceptors (Lipinski definition) is 2. The van der Waals surface area contributed by atoms with Crippen LogP contribution in [0, 0.1) is 5.92 Å². The monoisotopic (exact) mass is 218 g/mol. The lowest BCUT2D eigenvalue weighted by Gasteiger charge is -2.25. The average molecular weight is 218 g/mol. The maximum Gasteiger partial charge on any atom is 0.169 e. The highest BCUT2D eigenvalue weighted by molar-refractivity contribution is 8.04. The second-order valence-corrected chi connectivity index (χ2v) is 5.65. The largest absolute Gasteiger partial charge is 0.294 e. The van der Waals surface area contributed by atoms with Gasteiger partial charge in [0.1, 0.15) is 0 Å². The molecule has 0 aromatic rings. The Morgan fingerprint density at radius 3 is 2.93 bits per heavy atom. The Morgan fingerprint density at radius 2 is 2.20 bits per heavy atom. The average Bonchev–Trinajstić information content (AvgIpc) is 2.48. The van der Waals surface area contributed by atoms with Crippen LogP contribution in [0.5, 0.6) is 0 Å². The first-order chi connectivity index (χ1) is 7.34. The number of carbonyl (C=O) groups is 1. The topological polar surface area (TPSA) is 17.1 Å². The molecular formula is C13H14OS. The van der Waals surface area contributed by atoms with Crippen molar-refractivity contribution in [3.05, 3.63) is 34.8 Å². The number of hydrogen-bond donors (Lipinski definition) is 0. The first-order valence-electron chi connectivity index (χ1n) is 5.62. The van der Waals surface area contributed by atoms with E-state index < -0.39 is 0 Å². The Kier molecular flexibility index (Phi) is 2.32. The molecule has 3 aliphatic carbocycles. The van der Waals surface area contributed by atoms with Gasteiger partial charge in [-0.15, -0.1) is 11.8 Å². The molecule has 2 unspecified atom stereocenters. The quantitative estimate of drug-likeness (QED) is 0.707. The molecule has 1 nitrogen and oxygen atoms in total. The summed E-state index contributed by atoms with van der Waals surface area (Å²) in [5, 5.41) is 0.191. The maximum absolute atomic E-state index is 11.9. The van der Waals surface area contributed by atoms with E-state index in [1.807, 2.05) is 17.8 Å². The molecule has 0 spiro atoms. The standard InChI is InChI=1S/C13H14OS/c14-12-8-9-4-1-2-7-11(9)13(12)15-10-5-3-6-10/h1,4-5,8,11,13H,2-3,6-7H2. The minimum atomic E-state index is 0.191. The van der Waals surface area contributed by atoms with Gasteiger partial charge in [-0.05, 0) is 42.2 Å². The number of thioether (sulfide) groups is 1. The van der Waals surface area contributed by atoms with Crippen LogP contribution >= 0.6 is 11.8 Å². The number of fused-ring (bicyclic) bond motifs is 1. The normalized spacial score (nSPS) is 33.2. The predicted octanol–water partition coefficient (Wildman–Crippen LogP) is 3.24. The second-order valence-electron chi connectivity index (χ2n) is 4.38. The van der Waals surface area contributed by atoms with Crippen LogP contribution in [0.15, 0.2) is 34.8 Å². The van der Waals surface area contributed by atoms with Crippen LogP contribution in [0.4, 0.5) is 0 Å². The predicted molar refractivity (Wildman–Crippen MR) is 63.7 cm³/mol. The number of ketones is 1. The van der Waals surface area contributed by atoms with Crippen LogP contribution in [0.2, 0.25) is 0 Å². The van der Waals surface area contributed by atoms with Gasteiger partial charge >= 0.3 is 0 Å². The van der Waals surface area contributed by atoms with Crippen molar-refractivity contribution < 1.29 is 4.79 Å². The molecule has 0 fully saturated rings. The molecule has 15 heavy (non-hydrogen) atoms. The minimum Gasteiger partial charge on any atom is -0.294 e. The second kappa shape index (κ2) is 3.67. The van der Waals surface area contributed by atoms with Crippen LogP contribution in [0.25, 0.3) is 0 Å². The molecule has 0 aromatic carbocycles. The molecule has 3 rings (SSSR count). The summed E-state index contributed by atoms with van der Waals surface area (Å²) in [4.78, 5) is 13.3. The highest BCUT2D eigenvalue weighted by Gasteiger charge is 2.37. The Labute approximate surface area is 94.3 Å². The summed E-state index contributed by atoms with van der Waals surface area (Å²) >= 11 is 1.81. The van der Waals surface area contributed by atoms with Crippen molar-refractivity contribution in [1.29, 1.82) is 0 Å². The Morgan fingerprint density at radius 1 is 1.33 bits per heavy atom. The molecule has 0 radical (unpaired) electrons. The smallest absolute Gasteiger partial charge is 0.169 e. The molecule has 2 atom stereocenters. The van der Waals surface area contributed by atoms with E-state index in [0.29, 0.717) is 11.7 Å². The lowest BCUT2D eigenvalue weighted by atomic mass is 9.91. The van der Waals surface area contributed by atoms with Crippen molar-refractivity contribution in [2.45, 2.75) is 30.9 Å². The van der Waals surface area contributed by atoms with Crippen molar-refractivity contribution >= 4 is 17.5 Å². The van der Waals surface area contributed by atoms with E-state index >= 15 is 0 Å². The van der Waals surface area contributed by atoms with E-state index in [4.69, 9.17) is 0 Å². The van der Waals surface area contributed by atoms with Gasteiger partial charge in [-0.2, -0.15) is 0 Å². The van der Waals surface area contributed by atoms with Crippen molar-refractivity contribution in [2.24, 2.45) is 5.92 Å². The van der Waals surface area contributed by atoms with E-state index in [-0.39, 0.29) is 5.25 Å². The molecule has 3 aliphatic rings. The summed E-state index contributed by atoms with van der Waals surface area (Å²) in [6, 6.07) is 0. The summed E-state index contributed by atoms with van der Waals surface area (Å²) in [6.07, 6.45) is 13.1. The molecule has 0 bridgehead atoms. The third-order valence-electron chi connectivity index (χ3n) is 3.38. The molecule has 2 heteroatoms. The van der Waals surface area contributed by atoms with Gasteiger partial charge in [-0.3, -0.25) is 4.79 Å². The number of allylic oxidation sites excluding steroid dienone is 6. The fourth-order valence-corrected chi connectivity index (χ4v) is 3.80. The lowest BCUT2D eigenvalue weighted by Crippen LogP contribution is -2.21. The minimum absolute atomic E-state index is 0.191. The van der Waals surface area contributed by atoms with Crippen molar-refractivity contribution in [2.75, 3.05) is 0 Å². The van der Waals surface area contributed by atoms with E-state index in [0.717, 1.165) is 12.8 Å². The fourth-order valence-electron chi connectivity index (χ4n) is 2.38. The van der Waals surface area contributed by atoms with E-state index in [1.54, 1.807) is 0 Å². The molecule has 0 saturated carbocycles. The third-order valence-corrected chi connectivity index (χ3v) is 4.87. The zero-order valence-electron chi connectivity index (χ0n) is 8.61. The molecule has 0 aliphatic heterocycles. The molecule has 78 valence electrons. The van der Waals surface area contributed by atoms with E-state index in [2.05, 4.69) is 18.2 Å². The molecule has 0 saturated heterocycles. The van der Waals surface area contributed by atoms with Crippen LogP contribution < -0.4 is 0 Å². The molecule has 0 N–H and O–H groups in total. The van der Waals surface area contributed by atoms with Gasteiger partial charge in [0.2, 0.25) is 0 Å². The van der Waals surface area contributed by atoms with Crippen LogP contribution in [0.3, 0.4) is 0 Å². The maximum atomic E-state index is 11.9.